The Labute approximate surface area is 207 Å². The van der Waals surface area contributed by atoms with Crippen molar-refractivity contribution in [2.24, 2.45) is 0 Å². The Morgan fingerprint density at radius 1 is 1.16 bits per heavy atom. The average Bonchev–Trinajstić information content (AvgIpc) is 3.35. The minimum absolute atomic E-state index is 0.0994. The standard InChI is InChI=1S/C25H20F4N4O4/c26-15-4-1-11(25(27,28)29)9-16(15)31-24(35)33-21-20-14-10-12(2-5-17(14)37-22(20)21)36-18-7-8-30-23-13(18)3-6-19(34)32-23/h1-2,4-5,7-10,20-22,24,31,33,35H,3,6H2,(H,30,32,34)/t20-,21-,22-,24?/m0/s1. The number of rotatable bonds is 6. The van der Waals surface area contributed by atoms with Crippen LogP contribution in [0.15, 0.2) is 48.7 Å². The molecule has 0 bridgehead atoms. The molecular formula is C25H20F4N4O4. The number of aliphatic hydroxyl groups excluding tert-OH is 1. The molecule has 4 N–H and O–H groups in total. The number of amides is 1. The molecule has 1 amide bonds. The van der Waals surface area contributed by atoms with Gasteiger partial charge in [-0.25, -0.2) is 9.37 Å². The molecule has 1 aliphatic carbocycles. The number of hydrogen-bond acceptors (Lipinski definition) is 7. The van der Waals surface area contributed by atoms with Gasteiger partial charge in [0.15, 0.2) is 6.35 Å². The number of carbonyl (C=O) groups excluding carboxylic acids is 1. The van der Waals surface area contributed by atoms with Crippen molar-refractivity contribution >= 4 is 17.4 Å². The summed E-state index contributed by atoms with van der Waals surface area (Å²) in [6.07, 6.45) is -4.06. The number of benzene rings is 2. The van der Waals surface area contributed by atoms with Gasteiger partial charge in [-0.1, -0.05) is 0 Å². The van der Waals surface area contributed by atoms with Crippen LogP contribution in [0, 0.1) is 5.82 Å². The Bertz CT molecular complexity index is 1400. The number of nitrogens with one attached hydrogen (secondary N) is 3. The number of aromatic nitrogens is 1. The highest BCUT2D eigenvalue weighted by Gasteiger charge is 2.59. The fourth-order valence-electron chi connectivity index (χ4n) is 4.77. The lowest BCUT2D eigenvalue weighted by molar-refractivity contribution is -0.137. The summed E-state index contributed by atoms with van der Waals surface area (Å²) in [6.45, 7) is 0. The minimum atomic E-state index is -4.64. The first-order valence-corrected chi connectivity index (χ1v) is 11.5. The quantitative estimate of drug-likeness (QED) is 0.289. The van der Waals surface area contributed by atoms with Gasteiger partial charge in [-0.3, -0.25) is 10.1 Å². The molecule has 4 atom stereocenters. The van der Waals surface area contributed by atoms with E-state index in [4.69, 9.17) is 9.47 Å². The van der Waals surface area contributed by atoms with Gasteiger partial charge in [-0.2, -0.15) is 13.2 Å². The number of nitrogens with zero attached hydrogens (tertiary/aromatic N) is 1. The summed E-state index contributed by atoms with van der Waals surface area (Å²) in [5.74, 6) is 1.10. The molecule has 2 aromatic carbocycles. The maximum atomic E-state index is 14.0. The summed E-state index contributed by atoms with van der Waals surface area (Å²) in [7, 11) is 0. The van der Waals surface area contributed by atoms with E-state index in [0.717, 1.165) is 11.1 Å². The molecule has 1 unspecified atom stereocenters. The lowest BCUT2D eigenvalue weighted by Gasteiger charge is -2.20. The van der Waals surface area contributed by atoms with Crippen LogP contribution in [-0.2, 0) is 17.4 Å². The van der Waals surface area contributed by atoms with Crippen LogP contribution < -0.4 is 25.4 Å². The monoisotopic (exact) mass is 516 g/mol. The predicted molar refractivity (Wildman–Crippen MR) is 123 cm³/mol. The van der Waals surface area contributed by atoms with E-state index < -0.39 is 29.6 Å². The van der Waals surface area contributed by atoms with Crippen LogP contribution in [0.2, 0.25) is 0 Å². The summed E-state index contributed by atoms with van der Waals surface area (Å²) in [6, 6.07) is 8.66. The summed E-state index contributed by atoms with van der Waals surface area (Å²) in [5.41, 5.74) is 0.136. The molecule has 0 spiro atoms. The molecule has 192 valence electrons. The van der Waals surface area contributed by atoms with Crippen molar-refractivity contribution in [3.63, 3.8) is 0 Å². The van der Waals surface area contributed by atoms with Crippen molar-refractivity contribution in [1.29, 1.82) is 0 Å². The zero-order valence-electron chi connectivity index (χ0n) is 19.0. The number of carbonyl (C=O) groups is 1. The first kappa shape index (κ1) is 23.5. The van der Waals surface area contributed by atoms with Crippen LogP contribution in [0.5, 0.6) is 17.2 Å². The van der Waals surface area contributed by atoms with E-state index >= 15 is 0 Å². The van der Waals surface area contributed by atoms with Crippen molar-refractivity contribution in [2.45, 2.75) is 43.4 Å². The summed E-state index contributed by atoms with van der Waals surface area (Å²) in [5, 5.41) is 18.2. The number of aliphatic hydroxyl groups is 1. The Hall–Kier alpha value is -3.90. The largest absolute Gasteiger partial charge is 0.488 e. The molecule has 3 heterocycles. The van der Waals surface area contributed by atoms with Crippen molar-refractivity contribution < 1.29 is 36.9 Å². The number of alkyl halides is 3. The predicted octanol–water partition coefficient (Wildman–Crippen LogP) is 4.12. The normalized spacial score (nSPS) is 22.2. The van der Waals surface area contributed by atoms with Crippen molar-refractivity contribution in [3.8, 4) is 17.2 Å². The van der Waals surface area contributed by atoms with Crippen LogP contribution in [0.25, 0.3) is 0 Å². The molecule has 1 aromatic heterocycles. The van der Waals surface area contributed by atoms with E-state index in [2.05, 4.69) is 20.9 Å². The summed E-state index contributed by atoms with van der Waals surface area (Å²) in [4.78, 5) is 15.8. The molecule has 0 saturated heterocycles. The van der Waals surface area contributed by atoms with Crippen LogP contribution in [0.4, 0.5) is 29.1 Å². The second kappa shape index (κ2) is 8.60. The average molecular weight is 516 g/mol. The number of halogens is 4. The topological polar surface area (TPSA) is 105 Å². The smallest absolute Gasteiger partial charge is 0.416 e. The highest BCUT2D eigenvalue weighted by Crippen LogP contribution is 2.54. The number of hydrogen-bond donors (Lipinski definition) is 4. The molecule has 1 fully saturated rings. The van der Waals surface area contributed by atoms with Crippen LogP contribution in [0.1, 0.15) is 29.0 Å². The Balaban J connectivity index is 1.14. The Morgan fingerprint density at radius 3 is 2.81 bits per heavy atom. The van der Waals surface area contributed by atoms with Gasteiger partial charge in [0.1, 0.15) is 35.0 Å². The highest BCUT2D eigenvalue weighted by molar-refractivity contribution is 5.93. The molecule has 1 saturated carbocycles. The fraction of sp³-hybridized carbons (Fsp3) is 0.280. The van der Waals surface area contributed by atoms with Crippen LogP contribution >= 0.6 is 0 Å². The third-order valence-electron chi connectivity index (χ3n) is 6.59. The maximum absolute atomic E-state index is 14.0. The molecule has 6 rings (SSSR count). The molecular weight excluding hydrogens is 496 g/mol. The van der Waals surface area contributed by atoms with E-state index in [1.165, 1.54) is 0 Å². The third kappa shape index (κ3) is 4.42. The first-order chi connectivity index (χ1) is 17.7. The van der Waals surface area contributed by atoms with E-state index in [-0.39, 0.29) is 24.0 Å². The zero-order chi connectivity index (χ0) is 25.9. The number of fused-ring (bicyclic) bond motifs is 4. The van der Waals surface area contributed by atoms with Gasteiger partial charge in [-0.05, 0) is 48.9 Å². The van der Waals surface area contributed by atoms with Crippen molar-refractivity contribution in [3.05, 3.63) is 71.2 Å². The molecule has 3 aromatic rings. The van der Waals surface area contributed by atoms with Crippen LogP contribution in [0.3, 0.4) is 0 Å². The second-order valence-electron chi connectivity index (χ2n) is 9.03. The number of anilines is 2. The molecule has 3 aliphatic rings. The number of pyridine rings is 1. The summed E-state index contributed by atoms with van der Waals surface area (Å²) >= 11 is 0. The third-order valence-corrected chi connectivity index (χ3v) is 6.59. The summed E-state index contributed by atoms with van der Waals surface area (Å²) < 4.78 is 64.8. The van der Waals surface area contributed by atoms with Crippen LogP contribution in [-0.4, -0.2) is 34.5 Å². The molecule has 37 heavy (non-hydrogen) atoms. The van der Waals surface area contributed by atoms with Gasteiger partial charge in [0, 0.05) is 29.7 Å². The number of ether oxygens (including phenoxy) is 2. The zero-order valence-corrected chi connectivity index (χ0v) is 19.0. The van der Waals surface area contributed by atoms with Gasteiger partial charge in [0.05, 0.1) is 17.3 Å². The first-order valence-electron chi connectivity index (χ1n) is 11.5. The van der Waals surface area contributed by atoms with Gasteiger partial charge in [0.25, 0.3) is 0 Å². The SMILES string of the molecule is O=C1CCc2c(Oc3ccc4c(c3)[C@H]3[C@H](NC(O)Nc5cc(C(F)(F)F)ccc5F)[C@H]3O4)ccnc2N1. The van der Waals surface area contributed by atoms with Gasteiger partial charge in [0.2, 0.25) is 5.91 Å². The minimum Gasteiger partial charge on any atom is -0.488 e. The Kier molecular flexibility index (Phi) is 5.46. The fourth-order valence-corrected chi connectivity index (χ4v) is 4.77. The van der Waals surface area contributed by atoms with Gasteiger partial charge < -0.3 is 25.2 Å². The van der Waals surface area contributed by atoms with Crippen molar-refractivity contribution in [1.82, 2.24) is 10.3 Å². The van der Waals surface area contributed by atoms with E-state index in [9.17, 15) is 27.5 Å². The van der Waals surface area contributed by atoms with Gasteiger partial charge in [-0.15, -0.1) is 0 Å². The maximum Gasteiger partial charge on any atom is 0.416 e. The van der Waals surface area contributed by atoms with Crippen molar-refractivity contribution in [2.75, 3.05) is 10.6 Å². The Morgan fingerprint density at radius 2 is 2.00 bits per heavy atom. The molecule has 12 heteroatoms. The molecule has 0 radical (unpaired) electrons. The lowest BCUT2D eigenvalue weighted by atomic mass is 10.1. The van der Waals surface area contributed by atoms with E-state index in [1.807, 2.05) is 6.07 Å². The second-order valence-corrected chi connectivity index (χ2v) is 9.03. The molecule has 2 aliphatic heterocycles. The highest BCUT2D eigenvalue weighted by atomic mass is 19.4. The molecule has 8 nitrogen and oxygen atoms in total. The van der Waals surface area contributed by atoms with Gasteiger partial charge >= 0.3 is 6.18 Å². The van der Waals surface area contributed by atoms with E-state index in [0.29, 0.717) is 54.1 Å². The van der Waals surface area contributed by atoms with E-state index in [1.54, 1.807) is 24.4 Å². The lowest BCUT2D eigenvalue weighted by Crippen LogP contribution is -2.40.